The van der Waals surface area contributed by atoms with Crippen LogP contribution in [0.5, 0.6) is 0 Å². The van der Waals surface area contributed by atoms with Crippen LogP contribution in [0.4, 0.5) is 5.13 Å². The number of anilines is 1. The third-order valence-corrected chi connectivity index (χ3v) is 3.62. The molecular formula is C10H11N3S2. The van der Waals surface area contributed by atoms with Gasteiger partial charge < -0.3 is 5.73 Å². The first kappa shape index (κ1) is 10.4. The molecule has 0 radical (unpaired) electrons. The van der Waals surface area contributed by atoms with Crippen LogP contribution in [0.2, 0.25) is 0 Å². The molecule has 15 heavy (non-hydrogen) atoms. The molecule has 0 fully saturated rings. The van der Waals surface area contributed by atoms with E-state index in [9.17, 15) is 0 Å². The van der Waals surface area contributed by atoms with E-state index >= 15 is 0 Å². The fraction of sp³-hybridized carbons (Fsp3) is 0.200. The van der Waals surface area contributed by atoms with Crippen molar-refractivity contribution in [2.45, 2.75) is 23.9 Å². The van der Waals surface area contributed by atoms with E-state index in [1.807, 2.05) is 0 Å². The van der Waals surface area contributed by atoms with Crippen molar-refractivity contribution in [3.63, 3.8) is 0 Å². The number of benzene rings is 1. The number of nitrogens with two attached hydrogens (primary N) is 1. The van der Waals surface area contributed by atoms with Gasteiger partial charge in [0.15, 0.2) is 0 Å². The quantitative estimate of drug-likeness (QED) is 0.872. The summed E-state index contributed by atoms with van der Waals surface area (Å²) < 4.78 is 4.13. The second kappa shape index (κ2) is 4.20. The monoisotopic (exact) mass is 237 g/mol. The maximum atomic E-state index is 5.52. The molecule has 0 aliphatic heterocycles. The molecule has 0 bridgehead atoms. The Hall–Kier alpha value is -1.07. The van der Waals surface area contributed by atoms with Gasteiger partial charge >= 0.3 is 0 Å². The van der Waals surface area contributed by atoms with Crippen LogP contribution in [0.25, 0.3) is 0 Å². The molecule has 0 spiro atoms. The van der Waals surface area contributed by atoms with Crippen molar-refractivity contribution in [2.75, 3.05) is 5.73 Å². The molecule has 78 valence electrons. The van der Waals surface area contributed by atoms with E-state index in [1.165, 1.54) is 34.4 Å². The van der Waals surface area contributed by atoms with Crippen molar-refractivity contribution in [1.82, 2.24) is 9.36 Å². The Labute approximate surface area is 96.9 Å². The number of rotatable bonds is 2. The lowest BCUT2D eigenvalue weighted by atomic mass is 10.1. The topological polar surface area (TPSA) is 51.8 Å². The first-order valence-electron chi connectivity index (χ1n) is 4.49. The minimum atomic E-state index is 0.515. The lowest BCUT2D eigenvalue weighted by Crippen LogP contribution is -1.83. The second-order valence-corrected chi connectivity index (χ2v) is 5.09. The Kier molecular flexibility index (Phi) is 2.93. The highest BCUT2D eigenvalue weighted by Gasteiger charge is 2.04. The van der Waals surface area contributed by atoms with E-state index in [1.54, 1.807) is 0 Å². The van der Waals surface area contributed by atoms with Gasteiger partial charge in [0.2, 0.25) is 10.3 Å². The number of aromatic nitrogens is 2. The molecule has 0 saturated heterocycles. The van der Waals surface area contributed by atoms with E-state index < -0.39 is 0 Å². The molecule has 5 heteroatoms. The summed E-state index contributed by atoms with van der Waals surface area (Å²) in [6.07, 6.45) is 0. The minimum Gasteiger partial charge on any atom is -0.374 e. The lowest BCUT2D eigenvalue weighted by Gasteiger charge is -2.02. The highest BCUT2D eigenvalue weighted by atomic mass is 32.2. The molecule has 0 unspecified atom stereocenters. The van der Waals surface area contributed by atoms with E-state index in [4.69, 9.17) is 5.73 Å². The number of hydrogen-bond acceptors (Lipinski definition) is 5. The van der Waals surface area contributed by atoms with Crippen LogP contribution >= 0.6 is 23.3 Å². The fourth-order valence-electron chi connectivity index (χ4n) is 1.15. The second-order valence-electron chi connectivity index (χ2n) is 3.26. The zero-order valence-electron chi connectivity index (χ0n) is 8.52. The zero-order chi connectivity index (χ0) is 10.8. The average molecular weight is 237 g/mol. The summed E-state index contributed by atoms with van der Waals surface area (Å²) >= 11 is 2.77. The summed E-state index contributed by atoms with van der Waals surface area (Å²) in [5.74, 6) is 0. The van der Waals surface area contributed by atoms with E-state index in [0.29, 0.717) is 5.13 Å². The van der Waals surface area contributed by atoms with Crippen LogP contribution in [0, 0.1) is 13.8 Å². The first-order chi connectivity index (χ1) is 7.15. The van der Waals surface area contributed by atoms with Crippen molar-refractivity contribution in [1.29, 1.82) is 0 Å². The fourth-order valence-corrected chi connectivity index (χ4v) is 2.53. The van der Waals surface area contributed by atoms with Crippen molar-refractivity contribution in [3.05, 3.63) is 29.3 Å². The van der Waals surface area contributed by atoms with Crippen LogP contribution in [0.3, 0.4) is 0 Å². The summed E-state index contributed by atoms with van der Waals surface area (Å²) in [7, 11) is 0. The van der Waals surface area contributed by atoms with Gasteiger partial charge in [-0.3, -0.25) is 0 Å². The molecule has 1 aromatic carbocycles. The smallest absolute Gasteiger partial charge is 0.206 e. The molecule has 1 aromatic heterocycles. The van der Waals surface area contributed by atoms with Crippen molar-refractivity contribution >= 4 is 28.4 Å². The summed E-state index contributed by atoms with van der Waals surface area (Å²) in [5.41, 5.74) is 8.09. The van der Waals surface area contributed by atoms with Gasteiger partial charge in [-0.05, 0) is 48.9 Å². The molecule has 2 N–H and O–H groups in total. The Morgan fingerprint density at radius 1 is 1.27 bits per heavy atom. The van der Waals surface area contributed by atoms with Gasteiger partial charge in [0, 0.05) is 16.4 Å². The van der Waals surface area contributed by atoms with E-state index in [0.717, 1.165) is 10.1 Å². The van der Waals surface area contributed by atoms with Crippen LogP contribution in [-0.2, 0) is 0 Å². The Morgan fingerprint density at radius 3 is 2.67 bits per heavy atom. The van der Waals surface area contributed by atoms with E-state index in [2.05, 4.69) is 41.4 Å². The largest absolute Gasteiger partial charge is 0.374 e. The normalized spacial score (nSPS) is 10.5. The molecule has 0 aliphatic rings. The highest BCUT2D eigenvalue weighted by Crippen LogP contribution is 2.28. The van der Waals surface area contributed by atoms with Crippen LogP contribution < -0.4 is 5.73 Å². The highest BCUT2D eigenvalue weighted by molar-refractivity contribution is 7.99. The number of nitrogens with zero attached hydrogens (tertiary/aromatic N) is 2. The van der Waals surface area contributed by atoms with Gasteiger partial charge in [0.05, 0.1) is 0 Å². The molecule has 2 aromatic rings. The predicted octanol–water partition coefficient (Wildman–Crippen LogP) is 2.89. The van der Waals surface area contributed by atoms with Gasteiger partial charge in [-0.2, -0.15) is 9.36 Å². The summed E-state index contributed by atoms with van der Waals surface area (Å²) in [5, 5.41) is 1.24. The Bertz CT molecular complexity index is 479. The maximum Gasteiger partial charge on any atom is 0.206 e. The summed E-state index contributed by atoms with van der Waals surface area (Å²) in [6, 6.07) is 6.31. The van der Waals surface area contributed by atoms with Crippen molar-refractivity contribution in [2.24, 2.45) is 0 Å². The van der Waals surface area contributed by atoms with Gasteiger partial charge in [-0.15, -0.1) is 0 Å². The van der Waals surface area contributed by atoms with Crippen molar-refractivity contribution < 1.29 is 0 Å². The predicted molar refractivity (Wildman–Crippen MR) is 64.4 cm³/mol. The number of hydrogen-bond donors (Lipinski definition) is 1. The van der Waals surface area contributed by atoms with Crippen LogP contribution in [-0.4, -0.2) is 9.36 Å². The Morgan fingerprint density at radius 2 is 2.07 bits per heavy atom. The Balaban J connectivity index is 2.21. The van der Waals surface area contributed by atoms with E-state index in [-0.39, 0.29) is 0 Å². The third kappa shape index (κ3) is 2.49. The molecule has 0 aliphatic carbocycles. The number of aryl methyl sites for hydroxylation is 2. The molecule has 0 saturated carbocycles. The molecular weight excluding hydrogens is 226 g/mol. The molecule has 2 rings (SSSR count). The SMILES string of the molecule is Cc1ccc(Sc2nsc(N)n2)cc1C. The van der Waals surface area contributed by atoms with Crippen molar-refractivity contribution in [3.8, 4) is 0 Å². The standard InChI is InChI=1S/C10H11N3S2/c1-6-3-4-8(5-7(6)2)14-10-12-9(11)15-13-10/h3-5H,1-2H3,(H2,11,12,13). The molecule has 3 nitrogen and oxygen atoms in total. The minimum absolute atomic E-state index is 0.515. The summed E-state index contributed by atoms with van der Waals surface area (Å²) in [4.78, 5) is 5.26. The average Bonchev–Trinajstić information content (AvgIpc) is 2.58. The molecule has 0 atom stereocenters. The summed E-state index contributed by atoms with van der Waals surface area (Å²) in [6.45, 7) is 4.20. The van der Waals surface area contributed by atoms with Gasteiger partial charge in [0.1, 0.15) is 0 Å². The van der Waals surface area contributed by atoms with Gasteiger partial charge in [0.25, 0.3) is 0 Å². The molecule has 0 amide bonds. The zero-order valence-corrected chi connectivity index (χ0v) is 10.2. The van der Waals surface area contributed by atoms with Gasteiger partial charge in [-0.25, -0.2) is 0 Å². The lowest BCUT2D eigenvalue weighted by molar-refractivity contribution is 1.08. The van der Waals surface area contributed by atoms with Crippen LogP contribution in [0.15, 0.2) is 28.3 Å². The maximum absolute atomic E-state index is 5.52. The third-order valence-electron chi connectivity index (χ3n) is 2.11. The number of nitrogen functional groups attached to an aromatic ring is 1. The van der Waals surface area contributed by atoms with Gasteiger partial charge in [-0.1, -0.05) is 6.07 Å². The molecule has 1 heterocycles. The van der Waals surface area contributed by atoms with Crippen LogP contribution in [0.1, 0.15) is 11.1 Å². The first-order valence-corrected chi connectivity index (χ1v) is 6.08.